The number of thiazole rings is 1. The summed E-state index contributed by atoms with van der Waals surface area (Å²) >= 11 is 1.34. The molecule has 0 aliphatic carbocycles. The van der Waals surface area contributed by atoms with Gasteiger partial charge in [-0.05, 0) is 6.42 Å². The van der Waals surface area contributed by atoms with Crippen LogP contribution < -0.4 is 10.6 Å². The molecule has 2 rings (SSSR count). The van der Waals surface area contributed by atoms with Gasteiger partial charge in [-0.1, -0.05) is 18.3 Å². The Labute approximate surface area is 117 Å². The summed E-state index contributed by atoms with van der Waals surface area (Å²) in [6.07, 6.45) is 0.880. The molecule has 1 saturated heterocycles. The molecule has 2 heterocycles. The first kappa shape index (κ1) is 14.1. The third-order valence-corrected chi connectivity index (χ3v) is 4.41. The van der Waals surface area contributed by atoms with Crippen LogP contribution in [0, 0.1) is 0 Å². The summed E-state index contributed by atoms with van der Waals surface area (Å²) < 4.78 is 5.42. The number of amides is 1. The van der Waals surface area contributed by atoms with Crippen LogP contribution in [0.3, 0.4) is 0 Å². The van der Waals surface area contributed by atoms with Crippen LogP contribution in [0.4, 0.5) is 10.9 Å². The predicted octanol–water partition coefficient (Wildman–Crippen LogP) is 1.04. The van der Waals surface area contributed by atoms with Crippen LogP contribution in [0.2, 0.25) is 0 Å². The fraction of sp³-hybridized carbons (Fsp3) is 0.667. The maximum Gasteiger partial charge on any atom is 0.268 e. The Kier molecular flexibility index (Phi) is 4.26. The van der Waals surface area contributed by atoms with E-state index in [0.717, 1.165) is 11.6 Å². The summed E-state index contributed by atoms with van der Waals surface area (Å²) in [5, 5.41) is 0.752. The van der Waals surface area contributed by atoms with Crippen molar-refractivity contribution in [2.75, 3.05) is 44.5 Å². The lowest BCUT2D eigenvalue weighted by molar-refractivity contribution is -0.00249. The van der Waals surface area contributed by atoms with E-state index >= 15 is 0 Å². The highest BCUT2D eigenvalue weighted by atomic mass is 32.1. The summed E-state index contributed by atoms with van der Waals surface area (Å²) in [5.74, 6) is 0.290. The van der Waals surface area contributed by atoms with Crippen molar-refractivity contribution in [3.63, 3.8) is 0 Å². The Morgan fingerprint density at radius 1 is 1.63 bits per heavy atom. The highest BCUT2D eigenvalue weighted by Gasteiger charge is 2.29. The van der Waals surface area contributed by atoms with E-state index < -0.39 is 0 Å². The lowest BCUT2D eigenvalue weighted by Crippen LogP contribution is -2.48. The van der Waals surface area contributed by atoms with Crippen LogP contribution in [0.1, 0.15) is 23.0 Å². The van der Waals surface area contributed by atoms with Crippen molar-refractivity contribution in [1.29, 1.82) is 0 Å². The van der Waals surface area contributed by atoms with Crippen molar-refractivity contribution < 1.29 is 9.53 Å². The molecule has 1 atom stereocenters. The van der Waals surface area contributed by atoms with Crippen LogP contribution in [0.25, 0.3) is 0 Å². The molecule has 0 aromatic carbocycles. The van der Waals surface area contributed by atoms with Crippen LogP contribution in [0.15, 0.2) is 0 Å². The molecule has 19 heavy (non-hydrogen) atoms. The summed E-state index contributed by atoms with van der Waals surface area (Å²) in [7, 11) is 3.77. The number of ether oxygens (including phenoxy) is 1. The average Bonchev–Trinajstić information content (AvgIpc) is 2.80. The molecule has 1 aliphatic heterocycles. The molecule has 0 bridgehead atoms. The Hall–Kier alpha value is -1.34. The molecule has 1 aliphatic rings. The average molecular weight is 284 g/mol. The van der Waals surface area contributed by atoms with Crippen LogP contribution in [-0.2, 0) is 4.74 Å². The first-order valence-corrected chi connectivity index (χ1v) is 7.18. The highest BCUT2D eigenvalue weighted by molar-refractivity contribution is 7.18. The number of anilines is 2. The molecule has 2 N–H and O–H groups in total. The smallest absolute Gasteiger partial charge is 0.268 e. The molecule has 1 aromatic heterocycles. The monoisotopic (exact) mass is 284 g/mol. The van der Waals surface area contributed by atoms with Gasteiger partial charge >= 0.3 is 0 Å². The van der Waals surface area contributed by atoms with Gasteiger partial charge in [0.1, 0.15) is 10.7 Å². The Bertz CT molecular complexity index is 461. The van der Waals surface area contributed by atoms with Gasteiger partial charge in [-0.15, -0.1) is 0 Å². The number of rotatable bonds is 3. The van der Waals surface area contributed by atoms with Crippen molar-refractivity contribution in [1.82, 2.24) is 9.88 Å². The zero-order chi connectivity index (χ0) is 14.0. The van der Waals surface area contributed by atoms with E-state index in [9.17, 15) is 4.79 Å². The van der Waals surface area contributed by atoms with Gasteiger partial charge in [-0.2, -0.15) is 0 Å². The standard InChI is InChI=1S/C12H20N4O2S/c1-4-8-7-18-6-5-16(8)11(17)9-10(13)14-12(19-9)15(2)3/h8H,4-7,13H2,1-3H3. The number of nitrogens with two attached hydrogens (primary N) is 1. The van der Waals surface area contributed by atoms with Gasteiger partial charge in [0.2, 0.25) is 0 Å². The second-order valence-electron chi connectivity index (χ2n) is 4.74. The number of hydrogen-bond donors (Lipinski definition) is 1. The number of nitrogens with zero attached hydrogens (tertiary/aromatic N) is 3. The SMILES string of the molecule is CCC1COCCN1C(=O)c1sc(N(C)C)nc1N. The van der Waals surface area contributed by atoms with Crippen molar-refractivity contribution in [2.24, 2.45) is 0 Å². The van der Waals surface area contributed by atoms with Gasteiger partial charge in [-0.25, -0.2) is 4.98 Å². The minimum atomic E-state index is -0.0294. The Morgan fingerprint density at radius 3 is 2.95 bits per heavy atom. The molecule has 6 nitrogen and oxygen atoms in total. The summed E-state index contributed by atoms with van der Waals surface area (Å²) in [6.45, 7) is 3.86. The number of hydrogen-bond acceptors (Lipinski definition) is 6. The summed E-state index contributed by atoms with van der Waals surface area (Å²) in [6, 6.07) is 0.130. The van der Waals surface area contributed by atoms with E-state index in [4.69, 9.17) is 10.5 Å². The molecule has 0 spiro atoms. The minimum absolute atomic E-state index is 0.0294. The van der Waals surface area contributed by atoms with Gasteiger partial charge in [0.15, 0.2) is 5.13 Å². The lowest BCUT2D eigenvalue weighted by Gasteiger charge is -2.34. The van der Waals surface area contributed by atoms with Gasteiger partial charge in [0, 0.05) is 20.6 Å². The number of morpholine rings is 1. The van der Waals surface area contributed by atoms with E-state index in [2.05, 4.69) is 11.9 Å². The molecule has 1 unspecified atom stereocenters. The maximum atomic E-state index is 12.6. The molecule has 0 saturated carbocycles. The van der Waals surface area contributed by atoms with E-state index in [1.54, 1.807) is 0 Å². The first-order valence-electron chi connectivity index (χ1n) is 6.37. The van der Waals surface area contributed by atoms with E-state index in [0.29, 0.717) is 30.5 Å². The van der Waals surface area contributed by atoms with E-state index in [1.807, 2.05) is 23.9 Å². The molecular formula is C12H20N4O2S. The highest BCUT2D eigenvalue weighted by Crippen LogP contribution is 2.29. The van der Waals surface area contributed by atoms with Crippen LogP contribution >= 0.6 is 11.3 Å². The normalized spacial score (nSPS) is 19.5. The van der Waals surface area contributed by atoms with Gasteiger partial charge < -0.3 is 20.3 Å². The molecule has 1 aromatic rings. The number of carbonyl (C=O) groups excluding carboxylic acids is 1. The van der Waals surface area contributed by atoms with E-state index in [1.165, 1.54) is 11.3 Å². The first-order chi connectivity index (χ1) is 9.04. The zero-order valence-corrected chi connectivity index (χ0v) is 12.4. The van der Waals surface area contributed by atoms with Crippen LogP contribution in [-0.4, -0.2) is 55.7 Å². The molecule has 1 amide bonds. The predicted molar refractivity (Wildman–Crippen MR) is 76.8 cm³/mol. The van der Waals surface area contributed by atoms with Gasteiger partial charge in [0.05, 0.1) is 19.3 Å². The summed E-state index contributed by atoms with van der Waals surface area (Å²) in [4.78, 5) is 21.0. The maximum absolute atomic E-state index is 12.6. The topological polar surface area (TPSA) is 71.7 Å². The van der Waals surface area contributed by atoms with Crippen LogP contribution in [0.5, 0.6) is 0 Å². The molecule has 106 valence electrons. The quantitative estimate of drug-likeness (QED) is 0.898. The summed E-state index contributed by atoms with van der Waals surface area (Å²) in [5.41, 5.74) is 5.87. The van der Waals surface area contributed by atoms with Crippen molar-refractivity contribution >= 4 is 28.2 Å². The minimum Gasteiger partial charge on any atom is -0.382 e. The second-order valence-corrected chi connectivity index (χ2v) is 5.72. The van der Waals surface area contributed by atoms with Gasteiger partial charge in [0.25, 0.3) is 5.91 Å². The van der Waals surface area contributed by atoms with E-state index in [-0.39, 0.29) is 11.9 Å². The number of nitrogen functional groups attached to an aromatic ring is 1. The molecule has 0 radical (unpaired) electrons. The zero-order valence-electron chi connectivity index (χ0n) is 11.5. The van der Waals surface area contributed by atoms with Crippen molar-refractivity contribution in [3.8, 4) is 0 Å². The number of carbonyl (C=O) groups is 1. The largest absolute Gasteiger partial charge is 0.382 e. The second kappa shape index (κ2) is 5.75. The fourth-order valence-corrected chi connectivity index (χ4v) is 2.92. The number of aromatic nitrogens is 1. The Morgan fingerprint density at radius 2 is 2.37 bits per heavy atom. The molecule has 7 heteroatoms. The molecular weight excluding hydrogens is 264 g/mol. The van der Waals surface area contributed by atoms with Crippen molar-refractivity contribution in [3.05, 3.63) is 4.88 Å². The van der Waals surface area contributed by atoms with Crippen molar-refractivity contribution in [2.45, 2.75) is 19.4 Å². The third kappa shape index (κ3) is 2.82. The fourth-order valence-electron chi connectivity index (χ4n) is 2.06. The van der Waals surface area contributed by atoms with Gasteiger partial charge in [-0.3, -0.25) is 4.79 Å². The lowest BCUT2D eigenvalue weighted by atomic mass is 10.1. The molecule has 1 fully saturated rings. The third-order valence-electron chi connectivity index (χ3n) is 3.18. The Balaban J connectivity index is 2.22.